The van der Waals surface area contributed by atoms with Crippen LogP contribution >= 0.6 is 0 Å². The normalized spacial score (nSPS) is 10.6. The van der Waals surface area contributed by atoms with Gasteiger partial charge in [0, 0.05) is 0 Å². The zero-order valence-corrected chi connectivity index (χ0v) is 6.38. The molecule has 2 rings (SSSR count). The van der Waals surface area contributed by atoms with Crippen LogP contribution in [0.15, 0.2) is 33.5 Å². The molecule has 0 aliphatic rings. The monoisotopic (exact) mass is 182 g/mol. The van der Waals surface area contributed by atoms with Crippen LogP contribution in [0.1, 0.15) is 0 Å². The minimum Gasteiger partial charge on any atom is -0.423 e. The number of rotatable bonds is 0. The number of hydrogen-bond donors (Lipinski definition) is 0. The first-order valence-corrected chi connectivity index (χ1v) is 3.56. The maximum absolute atomic E-state index is 13.0. The molecule has 0 saturated carbocycles. The second-order valence-corrected chi connectivity index (χ2v) is 2.55. The molecule has 0 spiro atoms. The maximum Gasteiger partial charge on any atom is 0.339 e. The highest BCUT2D eigenvalue weighted by Gasteiger charge is 2.05. The van der Waals surface area contributed by atoms with Crippen molar-refractivity contribution in [1.82, 2.24) is 0 Å². The van der Waals surface area contributed by atoms with Gasteiger partial charge in [-0.15, -0.1) is 0 Å². The van der Waals surface area contributed by atoms with Crippen LogP contribution in [-0.2, 0) is 0 Å². The minimum absolute atomic E-state index is 0.0281. The summed E-state index contributed by atoms with van der Waals surface area (Å²) in [5.74, 6) is -1.34. The lowest BCUT2D eigenvalue weighted by molar-refractivity contribution is 0.536. The van der Waals surface area contributed by atoms with Crippen molar-refractivity contribution in [3.8, 4) is 0 Å². The molecular formula is C9H4F2O2. The summed E-state index contributed by atoms with van der Waals surface area (Å²) in [7, 11) is 0. The Bertz CT molecular complexity index is 516. The van der Waals surface area contributed by atoms with Crippen molar-refractivity contribution in [3.05, 3.63) is 46.3 Å². The van der Waals surface area contributed by atoms with Crippen molar-refractivity contribution < 1.29 is 13.2 Å². The molecule has 1 aromatic carbocycles. The van der Waals surface area contributed by atoms with Gasteiger partial charge in [-0.25, -0.2) is 13.6 Å². The summed E-state index contributed by atoms with van der Waals surface area (Å²) in [6.45, 7) is 0. The van der Waals surface area contributed by atoms with Crippen LogP contribution in [-0.4, -0.2) is 0 Å². The van der Waals surface area contributed by atoms with Gasteiger partial charge in [-0.3, -0.25) is 0 Å². The summed E-state index contributed by atoms with van der Waals surface area (Å²) in [4.78, 5) is 10.7. The van der Waals surface area contributed by atoms with E-state index in [1.54, 1.807) is 0 Å². The molecule has 0 atom stereocenters. The summed E-state index contributed by atoms with van der Waals surface area (Å²) in [6.07, 6.45) is 0. The van der Waals surface area contributed by atoms with Crippen LogP contribution in [0.3, 0.4) is 0 Å². The van der Waals surface area contributed by atoms with E-state index < -0.39 is 17.3 Å². The summed E-state index contributed by atoms with van der Waals surface area (Å²) < 4.78 is 30.3. The van der Waals surface area contributed by atoms with Gasteiger partial charge in [0.25, 0.3) is 0 Å². The van der Waals surface area contributed by atoms with Gasteiger partial charge in [-0.2, -0.15) is 0 Å². The smallest absolute Gasteiger partial charge is 0.339 e. The highest BCUT2D eigenvalue weighted by atomic mass is 19.1. The Morgan fingerprint density at radius 2 is 1.92 bits per heavy atom. The second kappa shape index (κ2) is 2.65. The Kier molecular flexibility index (Phi) is 1.62. The minimum atomic E-state index is -0.781. The first-order chi connectivity index (χ1) is 6.16. The van der Waals surface area contributed by atoms with Crippen LogP contribution < -0.4 is 5.63 Å². The fourth-order valence-electron chi connectivity index (χ4n) is 1.10. The van der Waals surface area contributed by atoms with E-state index in [-0.39, 0.29) is 11.0 Å². The SMILES string of the molecule is O=c1cc(F)c2cc(F)ccc2o1. The predicted molar refractivity (Wildman–Crippen MR) is 42.4 cm³/mol. The Hall–Kier alpha value is -1.71. The Morgan fingerprint density at radius 1 is 1.15 bits per heavy atom. The molecule has 0 radical (unpaired) electrons. The molecule has 0 aliphatic heterocycles. The molecular weight excluding hydrogens is 178 g/mol. The van der Waals surface area contributed by atoms with E-state index in [0.29, 0.717) is 6.07 Å². The highest BCUT2D eigenvalue weighted by Crippen LogP contribution is 2.16. The molecule has 0 bridgehead atoms. The van der Waals surface area contributed by atoms with Crippen molar-refractivity contribution >= 4 is 11.0 Å². The molecule has 66 valence electrons. The van der Waals surface area contributed by atoms with E-state index in [1.165, 1.54) is 6.07 Å². The molecule has 0 amide bonds. The van der Waals surface area contributed by atoms with Gasteiger partial charge in [0.05, 0.1) is 11.5 Å². The van der Waals surface area contributed by atoms with Crippen LogP contribution in [0.4, 0.5) is 8.78 Å². The Balaban J connectivity index is 2.95. The predicted octanol–water partition coefficient (Wildman–Crippen LogP) is 2.07. The number of halogens is 2. The quantitative estimate of drug-likeness (QED) is 0.584. The van der Waals surface area contributed by atoms with E-state index in [4.69, 9.17) is 0 Å². The standard InChI is InChI=1S/C9H4F2O2/c10-5-1-2-8-6(3-5)7(11)4-9(12)13-8/h1-4H. The van der Waals surface area contributed by atoms with Gasteiger partial charge in [-0.05, 0) is 18.2 Å². The number of hydrogen-bond acceptors (Lipinski definition) is 2. The third kappa shape index (κ3) is 1.30. The third-order valence-corrected chi connectivity index (χ3v) is 1.65. The average Bonchev–Trinajstić information content (AvgIpc) is 2.06. The first kappa shape index (κ1) is 7.91. The lowest BCUT2D eigenvalue weighted by Gasteiger charge is -1.96. The summed E-state index contributed by atoms with van der Waals surface area (Å²) in [5.41, 5.74) is -0.733. The van der Waals surface area contributed by atoms with Gasteiger partial charge in [0.2, 0.25) is 0 Å². The Labute approximate surface area is 71.4 Å². The summed E-state index contributed by atoms with van der Waals surface area (Å²) in [5, 5.41) is -0.0281. The van der Waals surface area contributed by atoms with Crippen LogP contribution in [0.2, 0.25) is 0 Å². The zero-order valence-electron chi connectivity index (χ0n) is 6.38. The molecule has 2 nitrogen and oxygen atoms in total. The van der Waals surface area contributed by atoms with E-state index >= 15 is 0 Å². The molecule has 0 aliphatic carbocycles. The van der Waals surface area contributed by atoms with Crippen molar-refractivity contribution in [2.24, 2.45) is 0 Å². The van der Waals surface area contributed by atoms with Crippen molar-refractivity contribution in [2.75, 3.05) is 0 Å². The van der Waals surface area contributed by atoms with Crippen molar-refractivity contribution in [3.63, 3.8) is 0 Å². The lowest BCUT2D eigenvalue weighted by Crippen LogP contribution is -1.98. The fourth-order valence-corrected chi connectivity index (χ4v) is 1.10. The van der Waals surface area contributed by atoms with Crippen molar-refractivity contribution in [1.29, 1.82) is 0 Å². The lowest BCUT2D eigenvalue weighted by atomic mass is 10.2. The zero-order chi connectivity index (χ0) is 9.42. The molecule has 13 heavy (non-hydrogen) atoms. The van der Waals surface area contributed by atoms with Gasteiger partial charge >= 0.3 is 5.63 Å². The van der Waals surface area contributed by atoms with Crippen LogP contribution in [0.5, 0.6) is 0 Å². The molecule has 1 heterocycles. The molecule has 1 aromatic heterocycles. The number of benzene rings is 1. The molecule has 2 aromatic rings. The molecule has 0 N–H and O–H groups in total. The van der Waals surface area contributed by atoms with Crippen LogP contribution in [0, 0.1) is 11.6 Å². The molecule has 0 fully saturated rings. The van der Waals surface area contributed by atoms with E-state index in [1.807, 2.05) is 0 Å². The van der Waals surface area contributed by atoms with Gasteiger partial charge in [0.1, 0.15) is 17.2 Å². The number of fused-ring (bicyclic) bond motifs is 1. The van der Waals surface area contributed by atoms with Crippen molar-refractivity contribution in [2.45, 2.75) is 0 Å². The van der Waals surface area contributed by atoms with Gasteiger partial charge in [0.15, 0.2) is 0 Å². The van der Waals surface area contributed by atoms with Gasteiger partial charge < -0.3 is 4.42 Å². The summed E-state index contributed by atoms with van der Waals surface area (Å²) in [6, 6.07) is 3.98. The summed E-state index contributed by atoms with van der Waals surface area (Å²) >= 11 is 0. The molecule has 0 unspecified atom stereocenters. The highest BCUT2D eigenvalue weighted by molar-refractivity contribution is 5.76. The second-order valence-electron chi connectivity index (χ2n) is 2.55. The Morgan fingerprint density at radius 3 is 2.69 bits per heavy atom. The average molecular weight is 182 g/mol. The van der Waals surface area contributed by atoms with Gasteiger partial charge in [-0.1, -0.05) is 0 Å². The first-order valence-electron chi connectivity index (χ1n) is 3.56. The molecule has 0 saturated heterocycles. The van der Waals surface area contributed by atoms with E-state index in [0.717, 1.165) is 12.1 Å². The van der Waals surface area contributed by atoms with Crippen LogP contribution in [0.25, 0.3) is 11.0 Å². The topological polar surface area (TPSA) is 30.2 Å². The fraction of sp³-hybridized carbons (Fsp3) is 0. The largest absolute Gasteiger partial charge is 0.423 e. The van der Waals surface area contributed by atoms with E-state index in [2.05, 4.69) is 4.42 Å². The van der Waals surface area contributed by atoms with E-state index in [9.17, 15) is 13.6 Å². The molecule has 4 heteroatoms. The maximum atomic E-state index is 13.0. The third-order valence-electron chi connectivity index (χ3n) is 1.65.